The summed E-state index contributed by atoms with van der Waals surface area (Å²) < 4.78 is 0. The Morgan fingerprint density at radius 3 is 1.89 bits per heavy atom. The van der Waals surface area contributed by atoms with Crippen molar-refractivity contribution in [2.75, 3.05) is 6.54 Å². The van der Waals surface area contributed by atoms with Crippen LogP contribution < -0.4 is 11.1 Å². The molecule has 1 fully saturated rings. The van der Waals surface area contributed by atoms with E-state index < -0.39 is 0 Å². The second-order valence-electron chi connectivity index (χ2n) is 9.72. The van der Waals surface area contributed by atoms with Crippen LogP contribution >= 0.6 is 0 Å². The third-order valence-corrected chi connectivity index (χ3v) is 6.11. The van der Waals surface area contributed by atoms with Crippen LogP contribution in [-0.4, -0.2) is 19.3 Å². The Bertz CT molecular complexity index is 746. The summed E-state index contributed by atoms with van der Waals surface area (Å²) in [6.07, 6.45) is 5.08. The summed E-state index contributed by atoms with van der Waals surface area (Å²) in [5.74, 6) is 2.02. The van der Waals surface area contributed by atoms with Crippen LogP contribution in [-0.2, 0) is 6.42 Å². The summed E-state index contributed by atoms with van der Waals surface area (Å²) in [7, 11) is 0. The van der Waals surface area contributed by atoms with Gasteiger partial charge in [0.2, 0.25) is 0 Å². The molecular formula is C32H57N3. The molecular weight excluding hydrogens is 426 g/mol. The van der Waals surface area contributed by atoms with Crippen molar-refractivity contribution in [3.05, 3.63) is 65.4 Å². The fourth-order valence-corrected chi connectivity index (χ4v) is 3.22. The SMILES string of the molecule is C=C(C)C(C)CCCC.C=C1C(C)C1N.C=N/C(C)=C(\NCC)c1ccc(CC(C)C)cc1.CC. The number of nitrogens with zero attached hydrogens (tertiary/aromatic N) is 1. The highest BCUT2D eigenvalue weighted by atomic mass is 14.9. The quantitative estimate of drug-likeness (QED) is 0.258. The van der Waals surface area contributed by atoms with Crippen LogP contribution in [0.1, 0.15) is 99.6 Å². The molecule has 0 spiro atoms. The molecule has 0 aromatic heterocycles. The summed E-state index contributed by atoms with van der Waals surface area (Å²) in [6.45, 7) is 33.3. The molecule has 200 valence electrons. The fraction of sp³-hybridized carbons (Fsp3) is 0.594. The Balaban J connectivity index is 0. The summed E-state index contributed by atoms with van der Waals surface area (Å²) in [4.78, 5) is 4.02. The number of rotatable bonds is 10. The molecule has 1 aliphatic carbocycles. The largest absolute Gasteiger partial charge is 0.383 e. The van der Waals surface area contributed by atoms with Crippen LogP contribution in [0.3, 0.4) is 0 Å². The predicted molar refractivity (Wildman–Crippen MR) is 162 cm³/mol. The van der Waals surface area contributed by atoms with Crippen LogP contribution in [0.2, 0.25) is 0 Å². The van der Waals surface area contributed by atoms with E-state index in [-0.39, 0.29) is 0 Å². The van der Waals surface area contributed by atoms with Gasteiger partial charge in [-0.1, -0.05) is 110 Å². The summed E-state index contributed by atoms with van der Waals surface area (Å²) in [6, 6.07) is 9.03. The van der Waals surface area contributed by atoms with Gasteiger partial charge in [-0.05, 0) is 69.2 Å². The van der Waals surface area contributed by atoms with Crippen molar-refractivity contribution in [3.8, 4) is 0 Å². The third kappa shape index (κ3) is 15.5. The van der Waals surface area contributed by atoms with Crippen molar-refractivity contribution < 1.29 is 0 Å². The Morgan fingerprint density at radius 1 is 1.09 bits per heavy atom. The van der Waals surface area contributed by atoms with Crippen LogP contribution in [0, 0.1) is 17.8 Å². The van der Waals surface area contributed by atoms with E-state index in [9.17, 15) is 0 Å². The highest BCUT2D eigenvalue weighted by molar-refractivity contribution is 5.67. The molecule has 3 nitrogen and oxygen atoms in total. The molecule has 0 radical (unpaired) electrons. The zero-order valence-electron chi connectivity index (χ0n) is 24.8. The molecule has 0 amide bonds. The molecule has 3 heteroatoms. The average Bonchev–Trinajstić information content (AvgIpc) is 3.38. The molecule has 1 aromatic carbocycles. The highest BCUT2D eigenvalue weighted by Crippen LogP contribution is 2.32. The number of benzene rings is 1. The number of hydrogen-bond donors (Lipinski definition) is 2. The number of nitrogens with one attached hydrogen (secondary N) is 1. The van der Waals surface area contributed by atoms with Crippen molar-refractivity contribution in [2.45, 2.75) is 101 Å². The second kappa shape index (κ2) is 20.1. The molecule has 1 saturated carbocycles. The molecule has 0 saturated heterocycles. The number of unbranched alkanes of at least 4 members (excludes halogenated alkanes) is 1. The lowest BCUT2D eigenvalue weighted by Gasteiger charge is -2.12. The van der Waals surface area contributed by atoms with Gasteiger partial charge in [0.25, 0.3) is 0 Å². The number of allylic oxidation sites excluding steroid dienone is 2. The first-order valence-electron chi connectivity index (χ1n) is 13.6. The molecule has 1 aromatic rings. The monoisotopic (exact) mass is 483 g/mol. The smallest absolute Gasteiger partial charge is 0.0629 e. The molecule has 0 heterocycles. The maximum absolute atomic E-state index is 5.41. The topological polar surface area (TPSA) is 50.4 Å². The van der Waals surface area contributed by atoms with Gasteiger partial charge in [-0.15, -0.1) is 0 Å². The first-order chi connectivity index (χ1) is 16.5. The van der Waals surface area contributed by atoms with E-state index in [1.807, 2.05) is 20.8 Å². The Morgan fingerprint density at radius 2 is 1.57 bits per heavy atom. The van der Waals surface area contributed by atoms with E-state index >= 15 is 0 Å². The molecule has 2 rings (SSSR count). The third-order valence-electron chi connectivity index (χ3n) is 6.11. The Hall–Kier alpha value is -2.13. The molecule has 3 N–H and O–H groups in total. The van der Waals surface area contributed by atoms with Gasteiger partial charge in [-0.3, -0.25) is 4.99 Å². The lowest BCUT2D eigenvalue weighted by molar-refractivity contribution is 0.573. The van der Waals surface area contributed by atoms with Crippen molar-refractivity contribution in [1.82, 2.24) is 5.32 Å². The van der Waals surface area contributed by atoms with Gasteiger partial charge >= 0.3 is 0 Å². The molecule has 3 unspecified atom stereocenters. The number of aliphatic imine (C=N–C) groups is 1. The fourth-order valence-electron chi connectivity index (χ4n) is 3.22. The minimum atomic E-state index is 0.324. The second-order valence-corrected chi connectivity index (χ2v) is 9.72. The summed E-state index contributed by atoms with van der Waals surface area (Å²) >= 11 is 0. The van der Waals surface area contributed by atoms with Crippen LogP contribution in [0.15, 0.2) is 59.3 Å². The van der Waals surface area contributed by atoms with E-state index in [1.165, 1.54) is 41.5 Å². The van der Waals surface area contributed by atoms with Gasteiger partial charge in [-0.25, -0.2) is 0 Å². The molecule has 3 atom stereocenters. The Kier molecular flexibility index (Phi) is 20.1. The van der Waals surface area contributed by atoms with Crippen molar-refractivity contribution in [1.29, 1.82) is 0 Å². The minimum Gasteiger partial charge on any atom is -0.383 e. The number of nitrogens with two attached hydrogens (primary N) is 1. The first kappa shape index (κ1) is 35.0. The van der Waals surface area contributed by atoms with E-state index in [0.29, 0.717) is 17.9 Å². The predicted octanol–water partition coefficient (Wildman–Crippen LogP) is 8.82. The Labute approximate surface area is 219 Å². The van der Waals surface area contributed by atoms with Gasteiger partial charge in [0.1, 0.15) is 0 Å². The van der Waals surface area contributed by atoms with Crippen molar-refractivity contribution in [2.24, 2.45) is 28.5 Å². The zero-order valence-corrected chi connectivity index (χ0v) is 24.8. The molecule has 0 aliphatic heterocycles. The van der Waals surface area contributed by atoms with Crippen LogP contribution in [0.5, 0.6) is 0 Å². The highest BCUT2D eigenvalue weighted by Gasteiger charge is 2.33. The van der Waals surface area contributed by atoms with Gasteiger partial charge < -0.3 is 11.1 Å². The minimum absolute atomic E-state index is 0.324. The van der Waals surface area contributed by atoms with Crippen molar-refractivity contribution >= 4 is 12.4 Å². The lowest BCUT2D eigenvalue weighted by Crippen LogP contribution is -2.12. The first-order valence-corrected chi connectivity index (χ1v) is 13.6. The van der Waals surface area contributed by atoms with Gasteiger partial charge in [0.05, 0.1) is 11.4 Å². The number of hydrogen-bond acceptors (Lipinski definition) is 3. The normalized spacial score (nSPS) is 17.3. The standard InChI is InChI=1S/C16H24N2.C9H18.C5H9N.C2H6/c1-6-18-16(13(4)17-5)15-9-7-14(8-10-15)11-12(2)3;1-5-6-7-9(4)8(2)3;1-3-4(2)5(3)6;1-2/h7-10,12,18H,5-6,11H2,1-4H3;9H,2,5-7H2,1,3-4H3;4-5H,1,6H2,2H3;1-2H3/b16-13-;;;. The van der Waals surface area contributed by atoms with Gasteiger partial charge in [0, 0.05) is 12.6 Å². The van der Waals surface area contributed by atoms with Crippen LogP contribution in [0.25, 0.3) is 5.70 Å². The summed E-state index contributed by atoms with van der Waals surface area (Å²) in [5.41, 5.74) is 12.5. The maximum Gasteiger partial charge on any atom is 0.0629 e. The van der Waals surface area contributed by atoms with E-state index in [2.05, 4.69) is 103 Å². The summed E-state index contributed by atoms with van der Waals surface area (Å²) in [5, 5.41) is 3.36. The van der Waals surface area contributed by atoms with E-state index in [0.717, 1.165) is 30.3 Å². The van der Waals surface area contributed by atoms with Crippen molar-refractivity contribution in [3.63, 3.8) is 0 Å². The van der Waals surface area contributed by atoms with E-state index in [1.54, 1.807) is 0 Å². The van der Waals surface area contributed by atoms with Crippen LogP contribution in [0.4, 0.5) is 0 Å². The zero-order chi connectivity index (χ0) is 27.6. The molecule has 1 aliphatic rings. The molecule has 0 bridgehead atoms. The molecule has 35 heavy (non-hydrogen) atoms. The van der Waals surface area contributed by atoms with E-state index in [4.69, 9.17) is 5.73 Å². The van der Waals surface area contributed by atoms with Gasteiger partial charge in [-0.2, -0.15) is 0 Å². The average molecular weight is 484 g/mol. The van der Waals surface area contributed by atoms with Gasteiger partial charge in [0.15, 0.2) is 0 Å². The maximum atomic E-state index is 5.41. The lowest BCUT2D eigenvalue weighted by atomic mass is 9.98.